The maximum Gasteiger partial charge on any atom is 0.128 e. The second kappa shape index (κ2) is 6.43. The van der Waals surface area contributed by atoms with Crippen LogP contribution in [0.15, 0.2) is 47.5 Å². The second-order valence-corrected chi connectivity index (χ2v) is 10.1. The maximum absolute atomic E-state index is 11.2. The van der Waals surface area contributed by atoms with Gasteiger partial charge in [-0.1, -0.05) is 36.4 Å². The lowest BCUT2D eigenvalue weighted by Gasteiger charge is -2.57. The largest absolute Gasteiger partial charge is 0.507 e. The van der Waals surface area contributed by atoms with Gasteiger partial charge in [-0.05, 0) is 78.9 Å². The molecule has 4 saturated carbocycles. The van der Waals surface area contributed by atoms with E-state index in [1.807, 2.05) is 18.2 Å². The van der Waals surface area contributed by atoms with E-state index in [0.29, 0.717) is 12.2 Å². The number of rotatable bonds is 3. The predicted molar refractivity (Wildman–Crippen MR) is 114 cm³/mol. The summed E-state index contributed by atoms with van der Waals surface area (Å²) in [5, 5.41) is 21.7. The number of aliphatic hydroxyl groups is 1. The van der Waals surface area contributed by atoms with Crippen molar-refractivity contribution in [2.24, 2.45) is 22.7 Å². The van der Waals surface area contributed by atoms with Crippen LogP contribution >= 0.6 is 0 Å². The summed E-state index contributed by atoms with van der Waals surface area (Å²) in [5.41, 5.74) is 4.38. The van der Waals surface area contributed by atoms with Crippen LogP contribution in [0.1, 0.15) is 66.8 Å². The Morgan fingerprint density at radius 3 is 2.31 bits per heavy atom. The topological polar surface area (TPSA) is 52.8 Å². The highest BCUT2D eigenvalue weighted by molar-refractivity contribution is 5.84. The Hall–Kier alpha value is -2.13. The first-order chi connectivity index (χ1) is 14.1. The smallest absolute Gasteiger partial charge is 0.128 e. The minimum absolute atomic E-state index is 0.169. The fourth-order valence-electron chi connectivity index (χ4n) is 7.43. The van der Waals surface area contributed by atoms with Gasteiger partial charge in [0, 0.05) is 23.8 Å². The molecule has 0 radical (unpaired) electrons. The molecular weight excluding hydrogens is 358 g/mol. The molecule has 150 valence electrons. The number of aliphatic imine (C=N–C) groups is 1. The molecule has 2 aromatic carbocycles. The van der Waals surface area contributed by atoms with Gasteiger partial charge in [-0.3, -0.25) is 4.99 Å². The normalized spacial score (nSPS) is 37.3. The van der Waals surface area contributed by atoms with Crippen molar-refractivity contribution in [3.8, 4) is 5.75 Å². The Morgan fingerprint density at radius 1 is 0.897 bits per heavy atom. The quantitative estimate of drug-likeness (QED) is 0.733. The molecule has 5 aliphatic rings. The Labute approximate surface area is 172 Å². The van der Waals surface area contributed by atoms with E-state index in [1.165, 1.54) is 44.1 Å². The number of aromatic hydroxyl groups is 1. The van der Waals surface area contributed by atoms with Crippen LogP contribution in [0.5, 0.6) is 5.75 Å². The molecular formula is C26H29NO2. The molecule has 29 heavy (non-hydrogen) atoms. The molecule has 0 spiro atoms. The first kappa shape index (κ1) is 17.7. The van der Waals surface area contributed by atoms with Gasteiger partial charge in [0.05, 0.1) is 6.10 Å². The molecule has 7 rings (SSSR count). The number of aliphatic hydroxyl groups excluding tert-OH is 1. The molecule has 0 amide bonds. The van der Waals surface area contributed by atoms with Crippen LogP contribution in [0.3, 0.4) is 0 Å². The molecule has 4 fully saturated rings. The molecule has 0 saturated heterocycles. The Kier molecular flexibility index (Phi) is 3.93. The van der Waals surface area contributed by atoms with Gasteiger partial charge < -0.3 is 10.2 Å². The average Bonchev–Trinajstić information content (AvgIpc) is 3.01. The van der Waals surface area contributed by atoms with Gasteiger partial charge in [-0.25, -0.2) is 0 Å². The molecule has 2 atom stereocenters. The molecule has 0 heterocycles. The highest BCUT2D eigenvalue weighted by Crippen LogP contribution is 2.61. The maximum atomic E-state index is 11.2. The first-order valence-corrected chi connectivity index (χ1v) is 11.2. The second-order valence-electron chi connectivity index (χ2n) is 10.1. The summed E-state index contributed by atoms with van der Waals surface area (Å²) < 4.78 is 0. The highest BCUT2D eigenvalue weighted by atomic mass is 16.3. The number of hydrogen-bond acceptors (Lipinski definition) is 3. The van der Waals surface area contributed by atoms with Gasteiger partial charge in [0.15, 0.2) is 0 Å². The lowest BCUT2D eigenvalue weighted by molar-refractivity contribution is -0.00614. The van der Waals surface area contributed by atoms with Crippen LogP contribution in [-0.2, 0) is 11.8 Å². The number of nitrogens with zero attached hydrogens (tertiary/aromatic N) is 1. The van der Waals surface area contributed by atoms with Gasteiger partial charge in [-0.15, -0.1) is 0 Å². The van der Waals surface area contributed by atoms with Crippen LogP contribution in [0, 0.1) is 17.8 Å². The van der Waals surface area contributed by atoms with Crippen molar-refractivity contribution in [2.45, 2.75) is 62.5 Å². The molecule has 2 aromatic rings. The summed E-state index contributed by atoms with van der Waals surface area (Å²) in [7, 11) is 0. The van der Waals surface area contributed by atoms with Gasteiger partial charge in [0.2, 0.25) is 0 Å². The van der Waals surface area contributed by atoms with Crippen LogP contribution < -0.4 is 0 Å². The average molecular weight is 388 g/mol. The SMILES string of the molecule is Oc1c(C=N[C@@H]2c3ccccc3C[C@@H]2O)cccc1C12CC3CC(CC(C3)C1)C2. The number of phenols is 1. The molecule has 3 heteroatoms. The zero-order valence-electron chi connectivity index (χ0n) is 16.8. The van der Waals surface area contributed by atoms with Crippen molar-refractivity contribution in [2.75, 3.05) is 0 Å². The first-order valence-electron chi connectivity index (χ1n) is 11.2. The van der Waals surface area contributed by atoms with Gasteiger partial charge in [0.1, 0.15) is 11.8 Å². The Balaban J connectivity index is 1.33. The van der Waals surface area contributed by atoms with E-state index in [1.54, 1.807) is 6.21 Å². The van der Waals surface area contributed by atoms with Crippen molar-refractivity contribution in [1.82, 2.24) is 0 Å². The zero-order chi connectivity index (χ0) is 19.6. The third kappa shape index (κ3) is 2.78. The summed E-state index contributed by atoms with van der Waals surface area (Å²) in [4.78, 5) is 4.73. The summed E-state index contributed by atoms with van der Waals surface area (Å²) in [6.07, 6.45) is 9.87. The number of benzene rings is 2. The predicted octanol–water partition coefficient (Wildman–Crippen LogP) is 4.94. The molecule has 5 aliphatic carbocycles. The number of hydrogen-bond donors (Lipinski definition) is 2. The third-order valence-electron chi connectivity index (χ3n) is 8.22. The lowest BCUT2D eigenvalue weighted by Crippen LogP contribution is -2.48. The minimum Gasteiger partial charge on any atom is -0.507 e. The zero-order valence-corrected chi connectivity index (χ0v) is 16.8. The van der Waals surface area contributed by atoms with Crippen molar-refractivity contribution >= 4 is 6.21 Å². The van der Waals surface area contributed by atoms with Gasteiger partial charge in [0.25, 0.3) is 0 Å². The van der Waals surface area contributed by atoms with E-state index in [0.717, 1.165) is 34.4 Å². The fraction of sp³-hybridized carbons (Fsp3) is 0.500. The van der Waals surface area contributed by atoms with Crippen LogP contribution in [0.25, 0.3) is 0 Å². The molecule has 0 aliphatic heterocycles. The number of para-hydroxylation sites is 1. The number of phenolic OH excluding ortho intramolecular Hbond substituents is 1. The van der Waals surface area contributed by atoms with Crippen LogP contribution in [-0.4, -0.2) is 22.5 Å². The van der Waals surface area contributed by atoms with E-state index >= 15 is 0 Å². The Bertz CT molecular complexity index is 943. The lowest BCUT2D eigenvalue weighted by atomic mass is 9.48. The molecule has 0 aromatic heterocycles. The summed E-state index contributed by atoms with van der Waals surface area (Å²) in [5.74, 6) is 2.97. The van der Waals surface area contributed by atoms with E-state index in [2.05, 4.69) is 24.3 Å². The molecule has 0 unspecified atom stereocenters. The highest BCUT2D eigenvalue weighted by Gasteiger charge is 2.52. The third-order valence-corrected chi connectivity index (χ3v) is 8.22. The van der Waals surface area contributed by atoms with Crippen molar-refractivity contribution in [1.29, 1.82) is 0 Å². The van der Waals surface area contributed by atoms with Crippen LogP contribution in [0.4, 0.5) is 0 Å². The summed E-state index contributed by atoms with van der Waals surface area (Å²) in [6, 6.07) is 14.1. The summed E-state index contributed by atoms with van der Waals surface area (Å²) >= 11 is 0. The van der Waals surface area contributed by atoms with E-state index in [9.17, 15) is 10.2 Å². The fourth-order valence-corrected chi connectivity index (χ4v) is 7.43. The van der Waals surface area contributed by atoms with E-state index < -0.39 is 6.10 Å². The van der Waals surface area contributed by atoms with E-state index in [4.69, 9.17) is 4.99 Å². The van der Waals surface area contributed by atoms with Gasteiger partial charge in [-0.2, -0.15) is 0 Å². The van der Waals surface area contributed by atoms with Crippen molar-refractivity contribution in [3.05, 3.63) is 64.7 Å². The van der Waals surface area contributed by atoms with E-state index in [-0.39, 0.29) is 11.5 Å². The molecule has 2 N–H and O–H groups in total. The standard InChI is InChI=1S/C26H29NO2/c28-23-11-19-4-1-2-6-21(19)24(23)27-15-20-5-3-7-22(25(20)29)26-12-16-8-17(13-26)10-18(9-16)14-26/h1-7,15-18,23-24,28-29H,8-14H2/t16?,17?,18?,23-,24+,26?/m0/s1. The van der Waals surface area contributed by atoms with Crippen molar-refractivity contribution in [3.63, 3.8) is 0 Å². The van der Waals surface area contributed by atoms with Gasteiger partial charge >= 0.3 is 0 Å². The van der Waals surface area contributed by atoms with Crippen molar-refractivity contribution < 1.29 is 10.2 Å². The minimum atomic E-state index is -0.489. The monoisotopic (exact) mass is 387 g/mol. The Morgan fingerprint density at radius 2 is 1.59 bits per heavy atom. The molecule has 3 nitrogen and oxygen atoms in total. The number of fused-ring (bicyclic) bond motifs is 1. The van der Waals surface area contributed by atoms with Crippen LogP contribution in [0.2, 0.25) is 0 Å². The summed E-state index contributed by atoms with van der Waals surface area (Å²) in [6.45, 7) is 0. The molecule has 4 bridgehead atoms.